The van der Waals surface area contributed by atoms with Gasteiger partial charge in [-0.05, 0) is 88.8 Å². The maximum atomic E-state index is 13.8. The van der Waals surface area contributed by atoms with Crippen LogP contribution in [0.1, 0.15) is 93.4 Å². The summed E-state index contributed by atoms with van der Waals surface area (Å²) in [5.74, 6) is 0.0214. The number of amides is 1. The van der Waals surface area contributed by atoms with Crippen molar-refractivity contribution < 1.29 is 32.6 Å². The molecule has 0 unspecified atom stereocenters. The second-order valence-electron chi connectivity index (χ2n) is 11.5. The van der Waals surface area contributed by atoms with Gasteiger partial charge in [0.1, 0.15) is 5.60 Å². The normalized spacial score (nSPS) is 15.4. The molecule has 1 saturated carbocycles. The first-order chi connectivity index (χ1) is 17.6. The average molecular weight is 537 g/mol. The summed E-state index contributed by atoms with van der Waals surface area (Å²) in [4.78, 5) is 23.9. The number of hydrogen-bond acceptors (Lipinski definition) is 4. The van der Waals surface area contributed by atoms with Crippen molar-refractivity contribution in [2.75, 3.05) is 6.54 Å². The van der Waals surface area contributed by atoms with Crippen molar-refractivity contribution in [2.45, 2.75) is 97.1 Å². The molecule has 210 valence electrons. The largest absolute Gasteiger partial charge is 0.462 e. The molecule has 0 saturated heterocycles. The Kier molecular flexibility index (Phi) is 9.01. The van der Waals surface area contributed by atoms with Crippen LogP contribution in [0.25, 0.3) is 11.3 Å². The smallest absolute Gasteiger partial charge is 0.416 e. The predicted molar refractivity (Wildman–Crippen MR) is 140 cm³/mol. The highest BCUT2D eigenvalue weighted by atomic mass is 19.4. The van der Waals surface area contributed by atoms with E-state index < -0.39 is 22.9 Å². The maximum Gasteiger partial charge on any atom is 0.416 e. The lowest BCUT2D eigenvalue weighted by Gasteiger charge is -2.25. The van der Waals surface area contributed by atoms with E-state index in [1.54, 1.807) is 26.0 Å². The molecule has 1 heterocycles. The fourth-order valence-corrected chi connectivity index (χ4v) is 5.03. The molecule has 1 aliphatic carbocycles. The number of nitrogens with zero attached hydrogens (tertiary/aromatic N) is 1. The molecule has 6 nitrogen and oxygen atoms in total. The van der Waals surface area contributed by atoms with Crippen molar-refractivity contribution in [3.8, 4) is 11.3 Å². The van der Waals surface area contributed by atoms with Crippen LogP contribution in [-0.2, 0) is 27.9 Å². The van der Waals surface area contributed by atoms with Crippen molar-refractivity contribution in [1.82, 2.24) is 9.88 Å². The van der Waals surface area contributed by atoms with Crippen molar-refractivity contribution in [3.63, 3.8) is 0 Å². The van der Waals surface area contributed by atoms with E-state index in [4.69, 9.17) is 4.74 Å². The molecule has 3 rings (SSSR count). The Labute approximate surface area is 222 Å². The Balaban J connectivity index is 2.04. The first kappa shape index (κ1) is 29.7. The molecule has 2 aromatic rings. The average Bonchev–Trinajstić information content (AvgIpc) is 3.14. The first-order valence-electron chi connectivity index (χ1n) is 13.2. The predicted octanol–water partition coefficient (Wildman–Crippen LogP) is 6.36. The van der Waals surface area contributed by atoms with E-state index in [0.717, 1.165) is 37.8 Å². The van der Waals surface area contributed by atoms with Gasteiger partial charge in [0.25, 0.3) is 12.4 Å². The number of carbonyl (C=O) groups excluding carboxylic acids is 2. The van der Waals surface area contributed by atoms with Crippen LogP contribution in [0.4, 0.5) is 13.2 Å². The lowest BCUT2D eigenvalue weighted by molar-refractivity contribution is -0.140. The number of aromatic nitrogens is 1. The Bertz CT molecular complexity index is 1110. The van der Waals surface area contributed by atoms with E-state index in [9.17, 15) is 27.9 Å². The molecule has 0 aliphatic heterocycles. The number of alkyl halides is 3. The zero-order chi connectivity index (χ0) is 28.3. The Morgan fingerprint density at radius 2 is 1.71 bits per heavy atom. The second-order valence-corrected chi connectivity index (χ2v) is 11.5. The molecule has 0 radical (unpaired) electrons. The zero-order valence-electron chi connectivity index (χ0n) is 22.9. The molecular weight excluding hydrogens is 497 g/mol. The minimum atomic E-state index is -4.59. The minimum absolute atomic E-state index is 0.147. The highest BCUT2D eigenvalue weighted by molar-refractivity contribution is 5.97. The lowest BCUT2D eigenvalue weighted by atomic mass is 9.89. The molecule has 9 heteroatoms. The van der Waals surface area contributed by atoms with Crippen molar-refractivity contribution in [2.24, 2.45) is 5.92 Å². The highest BCUT2D eigenvalue weighted by Gasteiger charge is 2.34. The van der Waals surface area contributed by atoms with Crippen LogP contribution in [0.5, 0.6) is 0 Å². The molecule has 38 heavy (non-hydrogen) atoms. The third-order valence-corrected chi connectivity index (χ3v) is 7.42. The molecule has 1 aliphatic rings. The molecule has 2 N–H and O–H groups in total. The molecule has 1 aromatic carbocycles. The number of nitrogens with one attached hydrogen (secondary N) is 1. The first-order valence-corrected chi connectivity index (χ1v) is 13.2. The summed E-state index contributed by atoms with van der Waals surface area (Å²) in [6, 6.07) is 5.27. The summed E-state index contributed by atoms with van der Waals surface area (Å²) in [5.41, 5.74) is -1.06. The van der Waals surface area contributed by atoms with Crippen LogP contribution in [0.3, 0.4) is 0 Å². The summed E-state index contributed by atoms with van der Waals surface area (Å²) in [5, 5.41) is 13.4. The molecule has 1 amide bonds. The second kappa shape index (κ2) is 11.5. The molecule has 0 atom stereocenters. The van der Waals surface area contributed by atoms with E-state index in [0.29, 0.717) is 47.9 Å². The lowest BCUT2D eigenvalue weighted by Crippen LogP contribution is -2.32. The Morgan fingerprint density at radius 1 is 1.08 bits per heavy atom. The Morgan fingerprint density at radius 3 is 2.29 bits per heavy atom. The zero-order valence-corrected chi connectivity index (χ0v) is 22.9. The quantitative estimate of drug-likeness (QED) is 0.346. The van der Waals surface area contributed by atoms with Gasteiger partial charge < -0.3 is 19.7 Å². The molecule has 0 spiro atoms. The third-order valence-electron chi connectivity index (χ3n) is 7.42. The van der Waals surface area contributed by atoms with Gasteiger partial charge in [-0.25, -0.2) is 0 Å². The van der Waals surface area contributed by atoms with Crippen molar-refractivity contribution >= 4 is 12.4 Å². The van der Waals surface area contributed by atoms with Crippen LogP contribution < -0.4 is 5.32 Å². The molecular formula is C29H39F3N2O4. The van der Waals surface area contributed by atoms with Crippen LogP contribution in [0.2, 0.25) is 0 Å². The summed E-state index contributed by atoms with van der Waals surface area (Å²) < 4.78 is 48.5. The number of hydrogen-bond donors (Lipinski definition) is 2. The summed E-state index contributed by atoms with van der Waals surface area (Å²) in [6.07, 6.45) is 1.26. The molecule has 0 bridgehead atoms. The van der Waals surface area contributed by atoms with E-state index in [1.807, 2.05) is 11.5 Å². The van der Waals surface area contributed by atoms with Gasteiger partial charge >= 0.3 is 6.18 Å². The van der Waals surface area contributed by atoms with E-state index in [1.165, 1.54) is 20.3 Å². The van der Waals surface area contributed by atoms with Gasteiger partial charge in [0.15, 0.2) is 0 Å². The summed E-state index contributed by atoms with van der Waals surface area (Å²) in [7, 11) is 0. The number of halogens is 3. The standard InChI is InChI=1S/C29H39F3N2O4/c1-19-24(26(36)33-12-11-27(2,3)38-18-35)16-25(34(19)17-20-9-7-6-8-10-20)21-13-22(28(4,5)37)15-23(14-21)29(30,31)32/h13-16,18,20,37H,6-12,17H2,1-5H3,(H,33,36). The van der Waals surface area contributed by atoms with E-state index >= 15 is 0 Å². The maximum absolute atomic E-state index is 13.8. The van der Waals surface area contributed by atoms with Gasteiger partial charge in [0, 0.05) is 30.9 Å². The molecule has 1 aromatic heterocycles. The van der Waals surface area contributed by atoms with Crippen LogP contribution >= 0.6 is 0 Å². The SMILES string of the molecule is Cc1c(C(=O)NCCC(C)(C)OC=O)cc(-c2cc(C(C)(C)O)cc(C(F)(F)F)c2)n1CC1CCCCC1. The van der Waals surface area contributed by atoms with Gasteiger partial charge in [-0.2, -0.15) is 13.2 Å². The van der Waals surface area contributed by atoms with Crippen LogP contribution in [0, 0.1) is 12.8 Å². The van der Waals surface area contributed by atoms with Gasteiger partial charge in [-0.3, -0.25) is 9.59 Å². The monoisotopic (exact) mass is 536 g/mol. The van der Waals surface area contributed by atoms with Crippen LogP contribution in [-0.4, -0.2) is 34.2 Å². The number of rotatable bonds is 10. The minimum Gasteiger partial charge on any atom is -0.462 e. The fraction of sp³-hybridized carbons (Fsp3) is 0.586. The van der Waals surface area contributed by atoms with Gasteiger partial charge in [0.2, 0.25) is 0 Å². The fourth-order valence-electron chi connectivity index (χ4n) is 5.03. The van der Waals surface area contributed by atoms with Crippen molar-refractivity contribution in [1.29, 1.82) is 0 Å². The molecule has 1 fully saturated rings. The van der Waals surface area contributed by atoms with E-state index in [-0.39, 0.29) is 18.0 Å². The number of ether oxygens (including phenoxy) is 1. The van der Waals surface area contributed by atoms with Crippen molar-refractivity contribution in [3.05, 3.63) is 46.6 Å². The summed E-state index contributed by atoms with van der Waals surface area (Å²) in [6.45, 7) is 9.43. The van der Waals surface area contributed by atoms with Crippen LogP contribution in [0.15, 0.2) is 24.3 Å². The Hall–Kier alpha value is -2.81. The highest BCUT2D eigenvalue weighted by Crippen LogP contribution is 2.38. The number of benzene rings is 1. The topological polar surface area (TPSA) is 80.6 Å². The number of aliphatic hydroxyl groups is 1. The number of carbonyl (C=O) groups is 2. The van der Waals surface area contributed by atoms with Gasteiger partial charge in [-0.15, -0.1) is 0 Å². The summed E-state index contributed by atoms with van der Waals surface area (Å²) >= 11 is 0. The van der Waals surface area contributed by atoms with Gasteiger partial charge in [-0.1, -0.05) is 19.3 Å². The van der Waals surface area contributed by atoms with E-state index in [2.05, 4.69) is 5.32 Å². The van der Waals surface area contributed by atoms with Gasteiger partial charge in [0.05, 0.1) is 16.7 Å². The third kappa shape index (κ3) is 7.40.